The van der Waals surface area contributed by atoms with Crippen LogP contribution in [0.1, 0.15) is 12.0 Å². The number of rotatable bonds is 4. The molecule has 0 unspecified atom stereocenters. The Labute approximate surface area is 81.6 Å². The minimum Gasteiger partial charge on any atom is -0.382 e. The highest BCUT2D eigenvalue weighted by Crippen LogP contribution is 2.10. The van der Waals surface area contributed by atoms with Crippen LogP contribution >= 0.6 is 0 Å². The largest absolute Gasteiger partial charge is 0.382 e. The molecule has 6 heteroatoms. The van der Waals surface area contributed by atoms with Crippen LogP contribution in [-0.4, -0.2) is 16.3 Å². The maximum Gasteiger partial charge on any atom is 0.152 e. The van der Waals surface area contributed by atoms with Crippen LogP contribution in [0.3, 0.4) is 0 Å². The topological polar surface area (TPSA) is 92.6 Å². The van der Waals surface area contributed by atoms with Gasteiger partial charge in [-0.05, 0) is 12.0 Å². The summed E-state index contributed by atoms with van der Waals surface area (Å²) >= 11 is 0. The number of nitrogen functional groups attached to an aromatic ring is 1. The van der Waals surface area contributed by atoms with Gasteiger partial charge in [-0.15, -0.1) is 0 Å². The molecule has 6 nitrogen and oxygen atoms in total. The molecular weight excluding hydrogens is 180 g/mol. The Hall–Kier alpha value is -1.94. The minimum absolute atomic E-state index is 0.465. The third-order valence-corrected chi connectivity index (χ3v) is 1.64. The molecule has 1 aromatic rings. The zero-order valence-corrected chi connectivity index (χ0v) is 7.96. The molecule has 1 rings (SSSR count). The third-order valence-electron chi connectivity index (χ3n) is 1.64. The van der Waals surface area contributed by atoms with Crippen molar-refractivity contribution in [2.75, 3.05) is 12.3 Å². The van der Waals surface area contributed by atoms with Crippen molar-refractivity contribution < 1.29 is 0 Å². The van der Waals surface area contributed by atoms with E-state index in [1.165, 1.54) is 0 Å². The lowest BCUT2D eigenvalue weighted by Gasteiger charge is -1.86. The van der Waals surface area contributed by atoms with Crippen molar-refractivity contribution in [1.29, 1.82) is 0 Å². The van der Waals surface area contributed by atoms with Crippen LogP contribution in [0, 0.1) is 0 Å². The first-order valence-corrected chi connectivity index (χ1v) is 4.20. The van der Waals surface area contributed by atoms with Crippen molar-refractivity contribution in [3.8, 4) is 0 Å². The predicted molar refractivity (Wildman–Crippen MR) is 55.3 cm³/mol. The highest BCUT2D eigenvalue weighted by molar-refractivity contribution is 5.59. The summed E-state index contributed by atoms with van der Waals surface area (Å²) in [5, 5.41) is 7.40. The number of aryl methyl sites for hydroxylation is 1. The summed E-state index contributed by atoms with van der Waals surface area (Å²) in [6.07, 6.45) is 6.31. The molecule has 0 aliphatic heterocycles. The van der Waals surface area contributed by atoms with Crippen molar-refractivity contribution in [3.05, 3.63) is 28.3 Å². The molecule has 0 aliphatic carbocycles. The van der Waals surface area contributed by atoms with E-state index in [4.69, 9.17) is 11.3 Å². The summed E-state index contributed by atoms with van der Waals surface area (Å²) in [4.78, 5) is 2.65. The van der Waals surface area contributed by atoms with E-state index >= 15 is 0 Å². The third kappa shape index (κ3) is 2.84. The highest BCUT2D eigenvalue weighted by Gasteiger charge is 1.97. The minimum atomic E-state index is 0.465. The molecule has 0 bridgehead atoms. The maximum absolute atomic E-state index is 8.03. The van der Waals surface area contributed by atoms with Crippen LogP contribution in [0.4, 0.5) is 5.82 Å². The summed E-state index contributed by atoms with van der Waals surface area (Å²) in [7, 11) is 1.81. The standard InChI is InChI=1S/C8H12N6/c1-14-6-7(8(9)12-14)4-2-3-5-11-13-10/h2,4,6H,3,5H2,1H3,(H2,9,12). The Morgan fingerprint density at radius 2 is 2.57 bits per heavy atom. The molecule has 0 amide bonds. The first kappa shape index (κ1) is 10.1. The van der Waals surface area contributed by atoms with Crippen molar-refractivity contribution in [2.24, 2.45) is 12.2 Å². The van der Waals surface area contributed by atoms with Gasteiger partial charge in [0.05, 0.1) is 0 Å². The van der Waals surface area contributed by atoms with E-state index in [9.17, 15) is 0 Å². The number of hydrogen-bond acceptors (Lipinski definition) is 3. The van der Waals surface area contributed by atoms with Gasteiger partial charge in [-0.3, -0.25) is 4.68 Å². The average Bonchev–Trinajstić information content (AvgIpc) is 2.45. The number of hydrogen-bond donors (Lipinski definition) is 1. The summed E-state index contributed by atoms with van der Waals surface area (Å²) in [6, 6.07) is 0. The van der Waals surface area contributed by atoms with E-state index in [0.29, 0.717) is 18.8 Å². The van der Waals surface area contributed by atoms with E-state index in [1.807, 2.05) is 25.4 Å². The fraction of sp³-hybridized carbons (Fsp3) is 0.375. The van der Waals surface area contributed by atoms with Gasteiger partial charge in [0.25, 0.3) is 0 Å². The smallest absolute Gasteiger partial charge is 0.152 e. The summed E-state index contributed by atoms with van der Waals surface area (Å²) in [5.74, 6) is 0.507. The fourth-order valence-corrected chi connectivity index (χ4v) is 1.04. The lowest BCUT2D eigenvalue weighted by atomic mass is 10.2. The number of nitrogens with zero attached hydrogens (tertiary/aromatic N) is 5. The van der Waals surface area contributed by atoms with Gasteiger partial charge in [0.2, 0.25) is 0 Å². The summed E-state index contributed by atoms with van der Waals surface area (Å²) in [6.45, 7) is 0.465. The van der Waals surface area contributed by atoms with Gasteiger partial charge in [0.1, 0.15) is 0 Å². The summed E-state index contributed by atoms with van der Waals surface area (Å²) < 4.78 is 1.66. The van der Waals surface area contributed by atoms with E-state index < -0.39 is 0 Å². The first-order valence-electron chi connectivity index (χ1n) is 4.20. The molecule has 0 atom stereocenters. The van der Waals surface area contributed by atoms with E-state index in [-0.39, 0.29) is 0 Å². The van der Waals surface area contributed by atoms with E-state index in [1.54, 1.807) is 4.68 Å². The SMILES string of the molecule is Cn1cc(C=CCCN=[N+]=[N-])c(N)n1. The van der Waals surface area contributed by atoms with E-state index in [0.717, 1.165) is 5.56 Å². The molecule has 1 aromatic heterocycles. The molecule has 0 fully saturated rings. The second-order valence-corrected chi connectivity index (χ2v) is 2.79. The first-order chi connectivity index (χ1) is 6.74. The van der Waals surface area contributed by atoms with Crippen LogP contribution in [-0.2, 0) is 7.05 Å². The Balaban J connectivity index is 2.51. The van der Waals surface area contributed by atoms with E-state index in [2.05, 4.69) is 15.1 Å². The lowest BCUT2D eigenvalue weighted by molar-refractivity contribution is 0.772. The molecule has 1 heterocycles. The quantitative estimate of drug-likeness (QED) is 0.340. The zero-order chi connectivity index (χ0) is 10.4. The van der Waals surface area contributed by atoms with Gasteiger partial charge in [-0.1, -0.05) is 17.3 Å². The summed E-state index contributed by atoms with van der Waals surface area (Å²) in [5.41, 5.74) is 14.5. The van der Waals surface area contributed by atoms with Crippen molar-refractivity contribution in [3.63, 3.8) is 0 Å². The van der Waals surface area contributed by atoms with Gasteiger partial charge in [-0.2, -0.15) is 5.10 Å². The Kier molecular flexibility index (Phi) is 3.58. The fourth-order valence-electron chi connectivity index (χ4n) is 1.04. The van der Waals surface area contributed by atoms with Crippen LogP contribution in [0.15, 0.2) is 17.4 Å². The molecular formula is C8H12N6. The van der Waals surface area contributed by atoms with Crippen molar-refractivity contribution in [2.45, 2.75) is 6.42 Å². The van der Waals surface area contributed by atoms with Crippen LogP contribution in [0.2, 0.25) is 0 Å². The van der Waals surface area contributed by atoms with Gasteiger partial charge in [0.15, 0.2) is 5.82 Å². The van der Waals surface area contributed by atoms with Gasteiger partial charge in [-0.25, -0.2) is 0 Å². The number of azide groups is 1. The number of anilines is 1. The second kappa shape index (κ2) is 4.94. The Morgan fingerprint density at radius 1 is 1.79 bits per heavy atom. The Morgan fingerprint density at radius 3 is 3.14 bits per heavy atom. The maximum atomic E-state index is 8.03. The molecule has 14 heavy (non-hydrogen) atoms. The molecule has 2 N–H and O–H groups in total. The van der Waals surface area contributed by atoms with Crippen LogP contribution in [0.5, 0.6) is 0 Å². The second-order valence-electron chi connectivity index (χ2n) is 2.79. The Bertz CT molecular complexity index is 371. The highest BCUT2D eigenvalue weighted by atomic mass is 15.3. The van der Waals surface area contributed by atoms with Crippen LogP contribution in [0.25, 0.3) is 16.5 Å². The number of nitrogens with two attached hydrogens (primary N) is 1. The van der Waals surface area contributed by atoms with Gasteiger partial charge >= 0.3 is 0 Å². The molecule has 0 radical (unpaired) electrons. The van der Waals surface area contributed by atoms with Gasteiger partial charge in [0, 0.05) is 30.3 Å². The van der Waals surface area contributed by atoms with Gasteiger partial charge < -0.3 is 5.73 Å². The molecule has 0 saturated heterocycles. The van der Waals surface area contributed by atoms with Crippen molar-refractivity contribution >= 4 is 11.9 Å². The average molecular weight is 192 g/mol. The molecule has 0 aromatic carbocycles. The van der Waals surface area contributed by atoms with Crippen molar-refractivity contribution in [1.82, 2.24) is 9.78 Å². The molecule has 0 saturated carbocycles. The lowest BCUT2D eigenvalue weighted by Crippen LogP contribution is -1.90. The normalized spacial score (nSPS) is 10.4. The molecule has 0 aliphatic rings. The molecule has 0 spiro atoms. The molecule has 74 valence electrons. The predicted octanol–water partition coefficient (Wildman–Crippen LogP) is 1.72. The monoisotopic (exact) mass is 192 g/mol. The van der Waals surface area contributed by atoms with Crippen LogP contribution < -0.4 is 5.73 Å². The number of aromatic nitrogens is 2. The zero-order valence-electron chi connectivity index (χ0n) is 7.96.